The molecule has 1 unspecified atom stereocenters. The van der Waals surface area contributed by atoms with Crippen molar-refractivity contribution in [3.05, 3.63) is 82.8 Å². The number of anilines is 1. The second-order valence-electron chi connectivity index (χ2n) is 6.86. The number of furan rings is 1. The summed E-state index contributed by atoms with van der Waals surface area (Å²) < 4.78 is 10.8. The molecule has 31 heavy (non-hydrogen) atoms. The van der Waals surface area contributed by atoms with Gasteiger partial charge in [0.1, 0.15) is 5.75 Å². The number of hydrazone groups is 1. The summed E-state index contributed by atoms with van der Waals surface area (Å²) in [6, 6.07) is 15.5. The lowest BCUT2D eigenvalue weighted by atomic mass is 10.1. The minimum absolute atomic E-state index is 0.169. The second kappa shape index (κ2) is 9.95. The number of amides is 2. The molecule has 0 fully saturated rings. The second-order valence-corrected chi connectivity index (χ2v) is 7.29. The van der Waals surface area contributed by atoms with Gasteiger partial charge in [0, 0.05) is 10.7 Å². The highest BCUT2D eigenvalue weighted by Crippen LogP contribution is 2.23. The number of hydrogen-bond donors (Lipinski definition) is 2. The van der Waals surface area contributed by atoms with Crippen molar-refractivity contribution in [2.45, 2.75) is 26.9 Å². The van der Waals surface area contributed by atoms with Crippen molar-refractivity contribution in [2.75, 3.05) is 5.32 Å². The predicted octanol–water partition coefficient (Wildman–Crippen LogP) is 4.80. The summed E-state index contributed by atoms with van der Waals surface area (Å²) in [6.45, 7) is 5.28. The molecule has 0 bridgehead atoms. The maximum absolute atomic E-state index is 12.6. The molecule has 8 heteroatoms. The Hall–Kier alpha value is -3.58. The van der Waals surface area contributed by atoms with Crippen LogP contribution in [0, 0.1) is 6.92 Å². The van der Waals surface area contributed by atoms with E-state index in [0.717, 1.165) is 11.1 Å². The number of rotatable bonds is 7. The van der Waals surface area contributed by atoms with Crippen LogP contribution in [0.5, 0.6) is 5.75 Å². The van der Waals surface area contributed by atoms with Gasteiger partial charge >= 0.3 is 5.91 Å². The Kier molecular flexibility index (Phi) is 7.10. The number of nitrogens with zero attached hydrogens (tertiary/aromatic N) is 1. The van der Waals surface area contributed by atoms with Gasteiger partial charge in [-0.1, -0.05) is 23.7 Å². The third-order valence-electron chi connectivity index (χ3n) is 4.43. The first-order chi connectivity index (χ1) is 14.8. The number of aryl methyl sites for hydroxylation is 1. The van der Waals surface area contributed by atoms with Crippen LogP contribution in [0.25, 0.3) is 0 Å². The Bertz CT molecular complexity index is 1110. The van der Waals surface area contributed by atoms with Crippen LogP contribution >= 0.6 is 11.6 Å². The first kappa shape index (κ1) is 22.1. The summed E-state index contributed by atoms with van der Waals surface area (Å²) >= 11 is 5.96. The van der Waals surface area contributed by atoms with E-state index in [2.05, 4.69) is 15.8 Å². The van der Waals surface area contributed by atoms with Gasteiger partial charge in [-0.3, -0.25) is 9.59 Å². The van der Waals surface area contributed by atoms with Gasteiger partial charge in [0.05, 0.1) is 12.0 Å². The summed E-state index contributed by atoms with van der Waals surface area (Å²) in [5.41, 5.74) is 5.17. The van der Waals surface area contributed by atoms with Crippen LogP contribution < -0.4 is 15.5 Å². The molecule has 2 amide bonds. The van der Waals surface area contributed by atoms with E-state index >= 15 is 0 Å². The zero-order valence-electron chi connectivity index (χ0n) is 17.3. The Labute approximate surface area is 185 Å². The Morgan fingerprint density at radius 2 is 1.94 bits per heavy atom. The first-order valence-corrected chi connectivity index (χ1v) is 9.93. The highest BCUT2D eigenvalue weighted by Gasteiger charge is 2.16. The standard InChI is InChI=1S/C23H22ClN3O4/c1-14-12-18(24)9-10-20(14)31-16(3)22(28)25-19-7-4-6-17(13-19)15(2)26-27-23(29)21-8-5-11-30-21/h4-13,16H,1-3H3,(H,25,28)(H,27,29)/b26-15-. The predicted molar refractivity (Wildman–Crippen MR) is 120 cm³/mol. The van der Waals surface area contributed by atoms with E-state index < -0.39 is 12.0 Å². The number of hydrogen-bond acceptors (Lipinski definition) is 5. The molecule has 160 valence electrons. The minimum atomic E-state index is -0.717. The molecule has 2 aromatic carbocycles. The van der Waals surface area contributed by atoms with E-state index in [1.165, 1.54) is 6.26 Å². The van der Waals surface area contributed by atoms with Gasteiger partial charge < -0.3 is 14.5 Å². The molecule has 7 nitrogen and oxygen atoms in total. The SMILES string of the molecule is C/C(=N/NC(=O)c1ccco1)c1cccc(NC(=O)C(C)Oc2ccc(Cl)cc2C)c1. The van der Waals surface area contributed by atoms with Crippen LogP contribution in [-0.4, -0.2) is 23.6 Å². The van der Waals surface area contributed by atoms with Gasteiger partial charge in [-0.25, -0.2) is 5.43 Å². The fourth-order valence-corrected chi connectivity index (χ4v) is 2.94. The van der Waals surface area contributed by atoms with Crippen molar-refractivity contribution < 1.29 is 18.7 Å². The highest BCUT2D eigenvalue weighted by molar-refractivity contribution is 6.30. The molecule has 0 spiro atoms. The lowest BCUT2D eigenvalue weighted by molar-refractivity contribution is -0.122. The monoisotopic (exact) mass is 439 g/mol. The van der Waals surface area contributed by atoms with Gasteiger partial charge in [0.25, 0.3) is 5.91 Å². The van der Waals surface area contributed by atoms with Gasteiger partial charge in [0.15, 0.2) is 11.9 Å². The lowest BCUT2D eigenvalue weighted by Gasteiger charge is -2.16. The number of ether oxygens (including phenoxy) is 1. The number of benzene rings is 2. The average Bonchev–Trinajstić information content (AvgIpc) is 3.29. The maximum Gasteiger partial charge on any atom is 0.307 e. The van der Waals surface area contributed by atoms with E-state index in [1.807, 2.05) is 13.0 Å². The normalized spacial score (nSPS) is 12.2. The molecule has 3 aromatic rings. The first-order valence-electron chi connectivity index (χ1n) is 9.55. The maximum atomic E-state index is 12.6. The third-order valence-corrected chi connectivity index (χ3v) is 4.66. The summed E-state index contributed by atoms with van der Waals surface area (Å²) in [5.74, 6) is 0.0167. The average molecular weight is 440 g/mol. The molecule has 0 aliphatic heterocycles. The molecule has 0 aliphatic carbocycles. The fourth-order valence-electron chi connectivity index (χ4n) is 2.72. The summed E-state index contributed by atoms with van der Waals surface area (Å²) in [7, 11) is 0. The lowest BCUT2D eigenvalue weighted by Crippen LogP contribution is -2.30. The van der Waals surface area contributed by atoms with Crippen molar-refractivity contribution in [3.8, 4) is 5.75 Å². The van der Waals surface area contributed by atoms with Crippen LogP contribution in [-0.2, 0) is 4.79 Å². The molecular formula is C23H22ClN3O4. The Morgan fingerprint density at radius 1 is 1.13 bits per heavy atom. The molecule has 0 saturated carbocycles. The van der Waals surface area contributed by atoms with Gasteiger partial charge in [0.2, 0.25) is 0 Å². The van der Waals surface area contributed by atoms with Crippen LogP contribution in [0.2, 0.25) is 5.02 Å². The molecule has 1 heterocycles. The Balaban J connectivity index is 1.63. The van der Waals surface area contributed by atoms with Crippen LogP contribution in [0.1, 0.15) is 35.5 Å². The zero-order chi connectivity index (χ0) is 22.4. The molecule has 1 atom stereocenters. The molecule has 0 radical (unpaired) electrons. The minimum Gasteiger partial charge on any atom is -0.481 e. The van der Waals surface area contributed by atoms with Crippen LogP contribution in [0.4, 0.5) is 5.69 Å². The molecule has 0 saturated heterocycles. The van der Waals surface area contributed by atoms with Crippen molar-refractivity contribution in [1.82, 2.24) is 5.43 Å². The smallest absolute Gasteiger partial charge is 0.307 e. The fraction of sp³-hybridized carbons (Fsp3) is 0.174. The van der Waals surface area contributed by atoms with Crippen molar-refractivity contribution in [3.63, 3.8) is 0 Å². The van der Waals surface area contributed by atoms with Crippen LogP contribution in [0.3, 0.4) is 0 Å². The van der Waals surface area contributed by atoms with Crippen molar-refractivity contribution >= 4 is 34.8 Å². The number of halogens is 1. The molecule has 1 aromatic heterocycles. The van der Waals surface area contributed by atoms with E-state index in [0.29, 0.717) is 22.2 Å². The molecule has 3 rings (SSSR count). The van der Waals surface area contributed by atoms with Gasteiger partial charge in [-0.05, 0) is 74.4 Å². The summed E-state index contributed by atoms with van der Waals surface area (Å²) in [5, 5.41) is 7.52. The van der Waals surface area contributed by atoms with E-state index in [9.17, 15) is 9.59 Å². The zero-order valence-corrected chi connectivity index (χ0v) is 18.1. The molecular weight excluding hydrogens is 418 g/mol. The van der Waals surface area contributed by atoms with E-state index in [4.69, 9.17) is 20.8 Å². The summed E-state index contributed by atoms with van der Waals surface area (Å²) in [6.07, 6.45) is 0.697. The van der Waals surface area contributed by atoms with Gasteiger partial charge in [-0.2, -0.15) is 5.10 Å². The quantitative estimate of drug-likeness (QED) is 0.408. The van der Waals surface area contributed by atoms with E-state index in [1.54, 1.807) is 62.4 Å². The summed E-state index contributed by atoms with van der Waals surface area (Å²) in [4.78, 5) is 24.5. The largest absolute Gasteiger partial charge is 0.481 e. The third kappa shape index (κ3) is 5.96. The van der Waals surface area contributed by atoms with Crippen molar-refractivity contribution in [2.24, 2.45) is 5.10 Å². The van der Waals surface area contributed by atoms with Crippen LogP contribution in [0.15, 0.2) is 70.4 Å². The number of carbonyl (C=O) groups is 2. The van der Waals surface area contributed by atoms with Gasteiger partial charge in [-0.15, -0.1) is 0 Å². The number of carbonyl (C=O) groups excluding carboxylic acids is 2. The number of nitrogens with one attached hydrogen (secondary N) is 2. The topological polar surface area (TPSA) is 92.9 Å². The van der Waals surface area contributed by atoms with Crippen molar-refractivity contribution in [1.29, 1.82) is 0 Å². The highest BCUT2D eigenvalue weighted by atomic mass is 35.5. The molecule has 2 N–H and O–H groups in total. The Morgan fingerprint density at radius 3 is 2.65 bits per heavy atom. The van der Waals surface area contributed by atoms with E-state index in [-0.39, 0.29) is 11.7 Å². The molecule has 0 aliphatic rings.